The van der Waals surface area contributed by atoms with Gasteiger partial charge >= 0.3 is 31.2 Å². The minimum absolute atomic E-state index is 0.788. The molecule has 2 N–H and O–H groups in total. The van der Waals surface area contributed by atoms with Crippen LogP contribution in [0.15, 0.2) is 4.90 Å². The second-order valence-corrected chi connectivity index (χ2v) is 0.648. The zero-order chi connectivity index (χ0) is 4.12. The quantitative estimate of drug-likeness (QED) is 0.425. The van der Waals surface area contributed by atoms with Crippen molar-refractivity contribution in [2.45, 2.75) is 6.92 Å². The van der Waals surface area contributed by atoms with Crippen LogP contribution in [0, 0.1) is 0 Å². The summed E-state index contributed by atoms with van der Waals surface area (Å²) in [5.41, 5.74) is 4.85. The van der Waals surface area contributed by atoms with Crippen molar-refractivity contribution in [3.05, 3.63) is 0 Å². The number of nitrogens with zero attached hydrogens (tertiary/aromatic N) is 1. The van der Waals surface area contributed by atoms with Crippen molar-refractivity contribution in [1.82, 2.24) is 0 Å². The van der Waals surface area contributed by atoms with Crippen LogP contribution in [-0.4, -0.2) is 13.8 Å². The Morgan fingerprint density at radius 1 is 2.00 bits per heavy atom. The molecule has 0 radical (unpaired) electrons. The van der Waals surface area contributed by atoms with E-state index in [-0.39, 0.29) is 0 Å². The van der Waals surface area contributed by atoms with Crippen molar-refractivity contribution in [2.24, 2.45) is 10.5 Å². The summed E-state index contributed by atoms with van der Waals surface area (Å²) in [7, 11) is 1.31. The van der Waals surface area contributed by atoms with Crippen LogP contribution < -0.4 is 5.64 Å². The fraction of sp³-hybridized carbons (Fsp3) is 1.00. The van der Waals surface area contributed by atoms with E-state index in [4.69, 9.17) is 5.64 Å². The van der Waals surface area contributed by atoms with Crippen LogP contribution in [0.4, 0.5) is 0 Å². The van der Waals surface area contributed by atoms with E-state index >= 15 is 0 Å². The summed E-state index contributed by atoms with van der Waals surface area (Å²) in [5.74, 6) is 0. The van der Waals surface area contributed by atoms with Gasteiger partial charge in [0.25, 0.3) is 0 Å². The van der Waals surface area contributed by atoms with Gasteiger partial charge in [-0.25, -0.2) is 0 Å². The Balaban J connectivity index is 2.62. The molecule has 0 aliphatic carbocycles. The Kier molecular flexibility index (Phi) is 3.42. The summed E-state index contributed by atoms with van der Waals surface area (Å²) >= 11 is 0. The van der Waals surface area contributed by atoms with Gasteiger partial charge in [0, 0.05) is 0 Å². The number of rotatable bonds is 1. The van der Waals surface area contributed by atoms with Crippen molar-refractivity contribution >= 4 is 7.21 Å². The molecular weight excluding hydrogens is 62.8 g/mol. The third-order valence-electron chi connectivity index (χ3n) is 0.288. The van der Waals surface area contributed by atoms with Crippen molar-refractivity contribution in [3.8, 4) is 0 Å². The Bertz CT molecular complexity index is 34.6. The van der Waals surface area contributed by atoms with Gasteiger partial charge in [0.1, 0.15) is 0 Å². The molecule has 0 rings (SSSR count). The number of nitrogens with two attached hydrogens (primary N) is 1. The molecule has 0 saturated heterocycles. The summed E-state index contributed by atoms with van der Waals surface area (Å²) in [4.78, 5) is 3.62. The Morgan fingerprint density at radius 3 is 2.60 bits per heavy atom. The molecular formula is C2H7BN2. The molecule has 0 aliphatic heterocycles. The predicted octanol–water partition coefficient (Wildman–Crippen LogP) is -0.232. The monoisotopic (exact) mass is 70.1 g/mol. The molecule has 0 heterocycles. The normalized spacial score (nSPS) is 8.20. The molecule has 0 aromatic carbocycles. The van der Waals surface area contributed by atoms with Crippen LogP contribution in [0.3, 0.4) is 0 Å². The molecule has 0 aromatic rings. The van der Waals surface area contributed by atoms with Gasteiger partial charge < -0.3 is 0 Å². The summed E-state index contributed by atoms with van der Waals surface area (Å²) in [6, 6.07) is 0. The van der Waals surface area contributed by atoms with Gasteiger partial charge in [0.15, 0.2) is 0 Å². The topological polar surface area (TPSA) is 38.4 Å². The molecule has 0 amide bonds. The molecule has 0 aromatic heterocycles. The van der Waals surface area contributed by atoms with Crippen molar-refractivity contribution < 1.29 is 0 Å². The maximum atomic E-state index is 4.85. The van der Waals surface area contributed by atoms with Crippen LogP contribution in [-0.2, 0) is 0 Å². The van der Waals surface area contributed by atoms with E-state index in [1.54, 1.807) is 0 Å². The molecule has 28 valence electrons. The van der Waals surface area contributed by atoms with Gasteiger partial charge in [-0.15, -0.1) is 0 Å². The van der Waals surface area contributed by atoms with Gasteiger partial charge in [-0.05, 0) is 0 Å². The predicted molar refractivity (Wildman–Crippen MR) is 22.9 cm³/mol. The number of hydrogen-bond acceptors (Lipinski definition) is 1. The number of hydrogen-bond donors (Lipinski definition) is 1. The van der Waals surface area contributed by atoms with Crippen LogP contribution >= 0.6 is 0 Å². The molecule has 0 aliphatic rings. The average Bonchev–Trinajstić information content (AvgIpc) is 1.41. The summed E-state index contributed by atoms with van der Waals surface area (Å²) in [6.07, 6.45) is 0. The molecule has 0 unspecified atom stereocenters. The summed E-state index contributed by atoms with van der Waals surface area (Å²) < 4.78 is 0. The SMILES string of the molecule is CCN=BN. The van der Waals surface area contributed by atoms with E-state index in [1.165, 1.54) is 7.21 Å². The van der Waals surface area contributed by atoms with Crippen molar-refractivity contribution in [2.75, 3.05) is 6.54 Å². The average molecular weight is 69.9 g/mol. The van der Waals surface area contributed by atoms with E-state index in [9.17, 15) is 0 Å². The second kappa shape index (κ2) is 3.66. The molecule has 0 spiro atoms. The van der Waals surface area contributed by atoms with Crippen LogP contribution in [0.2, 0.25) is 0 Å². The molecule has 3 heteroatoms. The van der Waals surface area contributed by atoms with E-state index in [2.05, 4.69) is 4.90 Å². The first-order chi connectivity index (χ1) is 2.41. The van der Waals surface area contributed by atoms with Gasteiger partial charge in [-0.2, -0.15) is 0 Å². The van der Waals surface area contributed by atoms with Gasteiger partial charge in [-0.3, -0.25) is 0 Å². The second-order valence-electron chi connectivity index (χ2n) is 0.648. The molecule has 2 nitrogen and oxygen atoms in total. The first-order valence-electron chi connectivity index (χ1n) is 1.61. The van der Waals surface area contributed by atoms with Crippen LogP contribution in [0.1, 0.15) is 6.92 Å². The van der Waals surface area contributed by atoms with Crippen molar-refractivity contribution in [3.63, 3.8) is 0 Å². The van der Waals surface area contributed by atoms with Crippen molar-refractivity contribution in [1.29, 1.82) is 0 Å². The molecule has 5 heavy (non-hydrogen) atoms. The molecule has 0 saturated carbocycles. The molecule has 0 fully saturated rings. The minimum atomic E-state index is 0.788. The van der Waals surface area contributed by atoms with E-state index < -0.39 is 0 Å². The summed E-state index contributed by atoms with van der Waals surface area (Å²) in [5, 5.41) is 0. The maximum absolute atomic E-state index is 4.85. The Hall–Kier alpha value is -0.335. The summed E-state index contributed by atoms with van der Waals surface area (Å²) in [6.45, 7) is 2.72. The molecule has 0 bridgehead atoms. The Morgan fingerprint density at radius 2 is 2.60 bits per heavy atom. The van der Waals surface area contributed by atoms with E-state index in [0.29, 0.717) is 0 Å². The zero-order valence-electron chi connectivity index (χ0n) is 3.31. The zero-order valence-corrected chi connectivity index (χ0v) is 3.31. The van der Waals surface area contributed by atoms with Gasteiger partial charge in [0.05, 0.1) is 0 Å². The van der Waals surface area contributed by atoms with E-state index in [1.807, 2.05) is 6.92 Å². The first kappa shape index (κ1) is 4.66. The first-order valence-corrected chi connectivity index (χ1v) is 1.61. The Labute approximate surface area is 32.4 Å². The van der Waals surface area contributed by atoms with Crippen LogP contribution in [0.25, 0.3) is 0 Å². The third-order valence-corrected chi connectivity index (χ3v) is 0.288. The standard InChI is InChI=1S/C2H7BN2/c1-2-5-3-4/h2,4H2,1H3. The van der Waals surface area contributed by atoms with Gasteiger partial charge in [0.2, 0.25) is 0 Å². The van der Waals surface area contributed by atoms with Gasteiger partial charge in [-0.1, -0.05) is 0 Å². The van der Waals surface area contributed by atoms with Crippen LogP contribution in [0.5, 0.6) is 0 Å². The molecule has 0 atom stereocenters. The van der Waals surface area contributed by atoms with E-state index in [0.717, 1.165) is 6.54 Å². The third kappa shape index (κ3) is 3.66. The fourth-order valence-corrected chi connectivity index (χ4v) is 0.105. The fourth-order valence-electron chi connectivity index (χ4n) is 0.105.